The van der Waals surface area contributed by atoms with Crippen molar-refractivity contribution in [1.82, 2.24) is 15.5 Å². The van der Waals surface area contributed by atoms with Gasteiger partial charge in [0, 0.05) is 11.6 Å². The lowest BCUT2D eigenvalue weighted by atomic mass is 10.0. The van der Waals surface area contributed by atoms with Crippen molar-refractivity contribution in [3.05, 3.63) is 35.7 Å². The molecule has 3 rings (SSSR count). The quantitative estimate of drug-likeness (QED) is 0.894. The molecule has 2 aromatic rings. The van der Waals surface area contributed by atoms with Crippen LogP contribution < -0.4 is 5.32 Å². The number of rotatable bonds is 5. The number of nitrogens with zero attached hydrogens (tertiary/aromatic N) is 2. The molecule has 0 aliphatic heterocycles. The Morgan fingerprint density at radius 3 is 2.58 bits per heavy atom. The molecular weight excluding hydrogens is 238 g/mol. The van der Waals surface area contributed by atoms with Gasteiger partial charge in [0.25, 0.3) is 0 Å². The summed E-state index contributed by atoms with van der Waals surface area (Å²) in [6.07, 6.45) is 2.52. The fourth-order valence-corrected chi connectivity index (χ4v) is 1.97. The van der Waals surface area contributed by atoms with E-state index in [0.29, 0.717) is 30.3 Å². The Kier molecular flexibility index (Phi) is 3.34. The van der Waals surface area contributed by atoms with E-state index in [2.05, 4.69) is 41.5 Å². The van der Waals surface area contributed by atoms with Crippen LogP contribution in [-0.2, 0) is 6.54 Å². The first-order chi connectivity index (χ1) is 9.22. The van der Waals surface area contributed by atoms with Crippen molar-refractivity contribution in [2.45, 2.75) is 45.2 Å². The zero-order valence-corrected chi connectivity index (χ0v) is 11.4. The molecule has 1 aromatic heterocycles. The van der Waals surface area contributed by atoms with Crippen LogP contribution in [0.2, 0.25) is 0 Å². The average molecular weight is 257 g/mol. The summed E-state index contributed by atoms with van der Waals surface area (Å²) < 4.78 is 5.66. The fraction of sp³-hybridized carbons (Fsp3) is 0.467. The molecule has 0 atom stereocenters. The topological polar surface area (TPSA) is 51.0 Å². The maximum absolute atomic E-state index is 5.66. The molecule has 0 saturated heterocycles. The van der Waals surface area contributed by atoms with Gasteiger partial charge in [-0.05, 0) is 36.5 Å². The van der Waals surface area contributed by atoms with Gasteiger partial charge in [0.1, 0.15) is 0 Å². The molecule has 0 unspecified atom stereocenters. The first kappa shape index (κ1) is 12.4. The smallest absolute Gasteiger partial charge is 0.247 e. The first-order valence-corrected chi connectivity index (χ1v) is 6.88. The van der Waals surface area contributed by atoms with Crippen LogP contribution in [0.3, 0.4) is 0 Å². The van der Waals surface area contributed by atoms with Gasteiger partial charge in [-0.25, -0.2) is 0 Å². The summed E-state index contributed by atoms with van der Waals surface area (Å²) in [5.74, 6) is 1.80. The highest BCUT2D eigenvalue weighted by Gasteiger charge is 2.21. The third-order valence-corrected chi connectivity index (χ3v) is 3.41. The van der Waals surface area contributed by atoms with Crippen LogP contribution in [0.1, 0.15) is 44.1 Å². The Morgan fingerprint density at radius 2 is 1.95 bits per heavy atom. The van der Waals surface area contributed by atoms with E-state index in [1.807, 2.05) is 12.1 Å². The Labute approximate surface area is 113 Å². The molecule has 0 spiro atoms. The van der Waals surface area contributed by atoms with Crippen LogP contribution in [0.5, 0.6) is 0 Å². The van der Waals surface area contributed by atoms with Crippen LogP contribution >= 0.6 is 0 Å². The van der Waals surface area contributed by atoms with Crippen molar-refractivity contribution in [3.8, 4) is 11.5 Å². The van der Waals surface area contributed by atoms with E-state index in [1.54, 1.807) is 0 Å². The molecule has 1 heterocycles. The number of hydrogen-bond donors (Lipinski definition) is 1. The van der Waals surface area contributed by atoms with Gasteiger partial charge in [-0.3, -0.25) is 0 Å². The van der Waals surface area contributed by atoms with E-state index in [1.165, 1.54) is 18.4 Å². The molecule has 0 radical (unpaired) electrons. The van der Waals surface area contributed by atoms with E-state index in [-0.39, 0.29) is 0 Å². The van der Waals surface area contributed by atoms with Gasteiger partial charge in [-0.15, -0.1) is 10.2 Å². The molecule has 1 aliphatic carbocycles. The summed E-state index contributed by atoms with van der Waals surface area (Å²) in [7, 11) is 0. The van der Waals surface area contributed by atoms with Gasteiger partial charge in [0.2, 0.25) is 11.8 Å². The summed E-state index contributed by atoms with van der Waals surface area (Å²) in [6.45, 7) is 5.04. The van der Waals surface area contributed by atoms with Gasteiger partial charge >= 0.3 is 0 Å². The van der Waals surface area contributed by atoms with Crippen molar-refractivity contribution in [3.63, 3.8) is 0 Å². The van der Waals surface area contributed by atoms with E-state index < -0.39 is 0 Å². The molecule has 0 bridgehead atoms. The molecule has 100 valence electrons. The standard InChI is InChI=1S/C15H19N3O/c1-10(2)11-3-5-12(6-4-11)15-18-17-14(19-15)9-16-13-7-8-13/h3-6,10,13,16H,7-9H2,1-2H3. The van der Waals surface area contributed by atoms with E-state index in [0.717, 1.165) is 5.56 Å². The molecule has 1 fully saturated rings. The second-order valence-electron chi connectivity index (χ2n) is 5.43. The number of nitrogens with one attached hydrogen (secondary N) is 1. The maximum Gasteiger partial charge on any atom is 0.247 e. The van der Waals surface area contributed by atoms with Gasteiger partial charge in [-0.2, -0.15) is 0 Å². The number of benzene rings is 1. The maximum atomic E-state index is 5.66. The second kappa shape index (κ2) is 5.13. The third-order valence-electron chi connectivity index (χ3n) is 3.41. The molecule has 1 aromatic carbocycles. The van der Waals surface area contributed by atoms with Crippen LogP contribution in [-0.4, -0.2) is 16.2 Å². The summed E-state index contributed by atoms with van der Waals surface area (Å²) >= 11 is 0. The molecule has 1 aliphatic rings. The predicted octanol–water partition coefficient (Wildman–Crippen LogP) is 3.11. The number of aromatic nitrogens is 2. The Morgan fingerprint density at radius 1 is 1.21 bits per heavy atom. The highest BCUT2D eigenvalue weighted by molar-refractivity contribution is 5.53. The highest BCUT2D eigenvalue weighted by Crippen LogP contribution is 2.22. The second-order valence-corrected chi connectivity index (χ2v) is 5.43. The summed E-state index contributed by atoms with van der Waals surface area (Å²) in [4.78, 5) is 0. The van der Waals surface area contributed by atoms with Crippen LogP contribution in [0.4, 0.5) is 0 Å². The number of hydrogen-bond acceptors (Lipinski definition) is 4. The highest BCUT2D eigenvalue weighted by atomic mass is 16.4. The van der Waals surface area contributed by atoms with Crippen LogP contribution in [0, 0.1) is 0 Å². The van der Waals surface area contributed by atoms with E-state index in [4.69, 9.17) is 4.42 Å². The molecule has 1 saturated carbocycles. The van der Waals surface area contributed by atoms with Crippen LogP contribution in [0.25, 0.3) is 11.5 Å². The molecule has 1 N–H and O–H groups in total. The van der Waals surface area contributed by atoms with Crippen molar-refractivity contribution >= 4 is 0 Å². The largest absolute Gasteiger partial charge is 0.419 e. The van der Waals surface area contributed by atoms with Gasteiger partial charge < -0.3 is 9.73 Å². The minimum atomic E-state index is 0.537. The van der Waals surface area contributed by atoms with Crippen molar-refractivity contribution in [2.24, 2.45) is 0 Å². The SMILES string of the molecule is CC(C)c1ccc(-c2nnc(CNC3CC3)o2)cc1. The van der Waals surface area contributed by atoms with Gasteiger partial charge in [0.05, 0.1) is 6.54 Å². The average Bonchev–Trinajstić information content (AvgIpc) is 3.13. The fourth-order valence-electron chi connectivity index (χ4n) is 1.97. The Hall–Kier alpha value is -1.68. The lowest BCUT2D eigenvalue weighted by molar-refractivity contribution is 0.476. The van der Waals surface area contributed by atoms with Crippen LogP contribution in [0.15, 0.2) is 28.7 Å². The van der Waals surface area contributed by atoms with E-state index in [9.17, 15) is 0 Å². The lowest BCUT2D eigenvalue weighted by Gasteiger charge is -2.04. The summed E-state index contributed by atoms with van der Waals surface area (Å²) in [5, 5.41) is 11.5. The monoisotopic (exact) mass is 257 g/mol. The molecular formula is C15H19N3O. The predicted molar refractivity (Wildman–Crippen MR) is 73.7 cm³/mol. The lowest BCUT2D eigenvalue weighted by Crippen LogP contribution is -2.15. The minimum Gasteiger partial charge on any atom is -0.419 e. The molecule has 4 heteroatoms. The van der Waals surface area contributed by atoms with Gasteiger partial charge in [-0.1, -0.05) is 26.0 Å². The minimum absolute atomic E-state index is 0.537. The van der Waals surface area contributed by atoms with E-state index >= 15 is 0 Å². The normalized spacial score (nSPS) is 15.1. The van der Waals surface area contributed by atoms with Gasteiger partial charge in [0.15, 0.2) is 0 Å². The molecule has 19 heavy (non-hydrogen) atoms. The zero-order valence-electron chi connectivity index (χ0n) is 11.4. The summed E-state index contributed by atoms with van der Waals surface area (Å²) in [5.41, 5.74) is 2.30. The summed E-state index contributed by atoms with van der Waals surface area (Å²) in [6, 6.07) is 8.97. The first-order valence-electron chi connectivity index (χ1n) is 6.88. The Bertz CT molecular complexity index is 541. The van der Waals surface area contributed by atoms with Crippen molar-refractivity contribution in [1.29, 1.82) is 0 Å². The van der Waals surface area contributed by atoms with Crippen molar-refractivity contribution in [2.75, 3.05) is 0 Å². The molecule has 0 amide bonds. The van der Waals surface area contributed by atoms with Crippen molar-refractivity contribution < 1.29 is 4.42 Å². The Balaban J connectivity index is 1.70. The molecule has 4 nitrogen and oxygen atoms in total. The third kappa shape index (κ3) is 3.01. The zero-order chi connectivity index (χ0) is 13.2.